The molecule has 1 aromatic carbocycles. The summed E-state index contributed by atoms with van der Waals surface area (Å²) in [7, 11) is 3.86. The number of hydrogen-bond donors (Lipinski definition) is 1. The molecule has 0 radical (unpaired) electrons. The number of aromatic nitrogens is 2. The summed E-state index contributed by atoms with van der Waals surface area (Å²) in [6.07, 6.45) is 8.95. The van der Waals surface area contributed by atoms with Gasteiger partial charge in [-0.05, 0) is 49.8 Å². The van der Waals surface area contributed by atoms with Gasteiger partial charge in [-0.15, -0.1) is 0 Å². The number of aryl methyl sites for hydroxylation is 1. The Balaban J connectivity index is 1.68. The highest BCUT2D eigenvalue weighted by molar-refractivity contribution is 6.06. The lowest BCUT2D eigenvalue weighted by Gasteiger charge is -2.36. The molecule has 1 atom stereocenters. The number of fused-ring (bicyclic) bond motifs is 1. The van der Waals surface area contributed by atoms with E-state index in [1.54, 1.807) is 4.68 Å². The SMILES string of the molecule is C=CC1=C(NC)CCC(N(C(=O)c2cccc3nn(C)cc23)C2CC2)C1. The quantitative estimate of drug-likeness (QED) is 0.899. The van der Waals surface area contributed by atoms with Gasteiger partial charge >= 0.3 is 0 Å². The van der Waals surface area contributed by atoms with E-state index in [1.165, 1.54) is 11.3 Å². The van der Waals surface area contributed by atoms with Crippen LogP contribution in [0.4, 0.5) is 0 Å². The third-order valence-corrected chi connectivity index (χ3v) is 5.58. The van der Waals surface area contributed by atoms with E-state index >= 15 is 0 Å². The van der Waals surface area contributed by atoms with Crippen molar-refractivity contribution in [1.82, 2.24) is 20.0 Å². The summed E-state index contributed by atoms with van der Waals surface area (Å²) in [5, 5.41) is 8.68. The van der Waals surface area contributed by atoms with Crippen molar-refractivity contribution in [3.63, 3.8) is 0 Å². The molecular formula is C21H26N4O. The zero-order chi connectivity index (χ0) is 18.3. The van der Waals surface area contributed by atoms with E-state index in [1.807, 2.05) is 44.6 Å². The highest BCUT2D eigenvalue weighted by Gasteiger charge is 2.39. The molecule has 1 aromatic heterocycles. The lowest BCUT2D eigenvalue weighted by Crippen LogP contribution is -2.44. The second-order valence-corrected chi connectivity index (χ2v) is 7.34. The predicted octanol–water partition coefficient (Wildman–Crippen LogP) is 3.39. The minimum Gasteiger partial charge on any atom is -0.391 e. The summed E-state index contributed by atoms with van der Waals surface area (Å²) in [5.41, 5.74) is 4.14. The van der Waals surface area contributed by atoms with Gasteiger partial charge in [0.25, 0.3) is 5.91 Å². The molecule has 5 nitrogen and oxygen atoms in total. The number of allylic oxidation sites excluding steroid dienone is 2. The van der Waals surface area contributed by atoms with Crippen molar-refractivity contribution in [1.29, 1.82) is 0 Å². The topological polar surface area (TPSA) is 50.2 Å². The molecule has 5 heteroatoms. The van der Waals surface area contributed by atoms with Crippen LogP contribution in [0.2, 0.25) is 0 Å². The molecule has 4 rings (SSSR count). The van der Waals surface area contributed by atoms with Gasteiger partial charge in [-0.1, -0.05) is 18.7 Å². The molecule has 26 heavy (non-hydrogen) atoms. The fourth-order valence-corrected chi connectivity index (χ4v) is 4.15. The molecule has 1 amide bonds. The molecule has 0 saturated heterocycles. The first-order valence-electron chi connectivity index (χ1n) is 9.39. The molecule has 1 fully saturated rings. The normalized spacial score (nSPS) is 20.3. The van der Waals surface area contributed by atoms with Crippen molar-refractivity contribution in [2.24, 2.45) is 7.05 Å². The van der Waals surface area contributed by atoms with Crippen molar-refractivity contribution in [3.05, 3.63) is 53.9 Å². The van der Waals surface area contributed by atoms with E-state index in [0.29, 0.717) is 6.04 Å². The van der Waals surface area contributed by atoms with E-state index in [-0.39, 0.29) is 11.9 Å². The van der Waals surface area contributed by atoms with Crippen LogP contribution < -0.4 is 5.32 Å². The average Bonchev–Trinajstić information content (AvgIpc) is 3.40. The molecular weight excluding hydrogens is 324 g/mol. The van der Waals surface area contributed by atoms with Gasteiger partial charge in [0, 0.05) is 43.5 Å². The number of carbonyl (C=O) groups excluding carboxylic acids is 1. The Kier molecular flexibility index (Phi) is 4.31. The molecule has 2 aliphatic rings. The Hall–Kier alpha value is -2.56. The maximum atomic E-state index is 13.5. The number of nitrogens with zero attached hydrogens (tertiary/aromatic N) is 3. The minimum atomic E-state index is 0.146. The standard InChI is InChI=1S/C21H26N4O/c1-4-14-12-16(10-11-19(14)22-2)25(15-8-9-15)21(26)17-6-5-7-20-18(17)13-24(3)23-20/h4-7,13,15-16,22H,1,8-12H2,2-3H3. The number of rotatable bonds is 5. The van der Waals surface area contributed by atoms with Gasteiger partial charge in [0.15, 0.2) is 0 Å². The van der Waals surface area contributed by atoms with Gasteiger partial charge in [0.05, 0.1) is 11.1 Å². The predicted molar refractivity (Wildman–Crippen MR) is 104 cm³/mol. The minimum absolute atomic E-state index is 0.146. The molecule has 2 aliphatic carbocycles. The van der Waals surface area contributed by atoms with Gasteiger partial charge in [-0.2, -0.15) is 5.10 Å². The van der Waals surface area contributed by atoms with E-state index in [4.69, 9.17) is 0 Å². The molecule has 136 valence electrons. The van der Waals surface area contributed by atoms with Crippen LogP contribution in [0.1, 0.15) is 42.5 Å². The second kappa shape index (κ2) is 6.63. The molecule has 1 heterocycles. The zero-order valence-electron chi connectivity index (χ0n) is 15.5. The smallest absolute Gasteiger partial charge is 0.255 e. The molecule has 0 bridgehead atoms. The van der Waals surface area contributed by atoms with Crippen LogP contribution in [-0.2, 0) is 7.05 Å². The summed E-state index contributed by atoms with van der Waals surface area (Å²) in [4.78, 5) is 15.7. The van der Waals surface area contributed by atoms with Crippen LogP contribution in [-0.4, -0.2) is 39.7 Å². The van der Waals surface area contributed by atoms with Crippen molar-refractivity contribution in [2.75, 3.05) is 7.05 Å². The van der Waals surface area contributed by atoms with Crippen molar-refractivity contribution in [2.45, 2.75) is 44.2 Å². The molecule has 0 aliphatic heterocycles. The summed E-state index contributed by atoms with van der Waals surface area (Å²) in [5.74, 6) is 0.146. The van der Waals surface area contributed by atoms with Crippen molar-refractivity contribution < 1.29 is 4.79 Å². The number of carbonyl (C=O) groups is 1. The fraction of sp³-hybridized carbons (Fsp3) is 0.429. The summed E-state index contributed by atoms with van der Waals surface area (Å²) >= 11 is 0. The molecule has 2 aromatic rings. The van der Waals surface area contributed by atoms with Crippen LogP contribution >= 0.6 is 0 Å². The molecule has 1 unspecified atom stereocenters. The summed E-state index contributed by atoms with van der Waals surface area (Å²) in [6.45, 7) is 3.97. The maximum absolute atomic E-state index is 13.5. The van der Waals surface area contributed by atoms with Crippen molar-refractivity contribution >= 4 is 16.8 Å². The van der Waals surface area contributed by atoms with Gasteiger partial charge in [0.1, 0.15) is 0 Å². The van der Waals surface area contributed by atoms with Gasteiger partial charge in [-0.3, -0.25) is 9.48 Å². The summed E-state index contributed by atoms with van der Waals surface area (Å²) in [6, 6.07) is 6.45. The number of nitrogens with one attached hydrogen (secondary N) is 1. The molecule has 1 saturated carbocycles. The Labute approximate surface area is 154 Å². The average molecular weight is 350 g/mol. The summed E-state index contributed by atoms with van der Waals surface area (Å²) < 4.78 is 1.78. The highest BCUT2D eigenvalue weighted by Crippen LogP contribution is 2.37. The first kappa shape index (κ1) is 16.9. The lowest BCUT2D eigenvalue weighted by molar-refractivity contribution is 0.0645. The van der Waals surface area contributed by atoms with E-state index in [0.717, 1.165) is 48.6 Å². The number of hydrogen-bond acceptors (Lipinski definition) is 3. The van der Waals surface area contributed by atoms with Crippen LogP contribution in [0, 0.1) is 0 Å². The largest absolute Gasteiger partial charge is 0.391 e. The van der Waals surface area contributed by atoms with Crippen LogP contribution in [0.25, 0.3) is 10.9 Å². The van der Waals surface area contributed by atoms with E-state index < -0.39 is 0 Å². The monoisotopic (exact) mass is 350 g/mol. The lowest BCUT2D eigenvalue weighted by atomic mass is 9.90. The first-order valence-corrected chi connectivity index (χ1v) is 9.39. The Morgan fingerprint density at radius 2 is 2.15 bits per heavy atom. The van der Waals surface area contributed by atoms with E-state index in [9.17, 15) is 4.79 Å². The van der Waals surface area contributed by atoms with Crippen LogP contribution in [0.5, 0.6) is 0 Å². The Morgan fingerprint density at radius 1 is 1.35 bits per heavy atom. The Morgan fingerprint density at radius 3 is 2.85 bits per heavy atom. The first-order chi connectivity index (χ1) is 12.6. The van der Waals surface area contributed by atoms with Crippen LogP contribution in [0.3, 0.4) is 0 Å². The second-order valence-electron chi connectivity index (χ2n) is 7.34. The number of benzene rings is 1. The Bertz CT molecular complexity index is 891. The van der Waals surface area contributed by atoms with Crippen molar-refractivity contribution in [3.8, 4) is 0 Å². The third kappa shape index (κ3) is 2.91. The molecule has 0 spiro atoms. The van der Waals surface area contributed by atoms with Crippen LogP contribution in [0.15, 0.2) is 48.3 Å². The van der Waals surface area contributed by atoms with E-state index in [2.05, 4.69) is 21.9 Å². The van der Waals surface area contributed by atoms with Gasteiger partial charge in [0.2, 0.25) is 0 Å². The highest BCUT2D eigenvalue weighted by atomic mass is 16.2. The third-order valence-electron chi connectivity index (χ3n) is 5.58. The fourth-order valence-electron chi connectivity index (χ4n) is 4.15. The van der Waals surface area contributed by atoms with Gasteiger partial charge < -0.3 is 10.2 Å². The zero-order valence-corrected chi connectivity index (χ0v) is 15.5. The van der Waals surface area contributed by atoms with Gasteiger partial charge in [-0.25, -0.2) is 0 Å². The number of amides is 1. The molecule has 1 N–H and O–H groups in total. The maximum Gasteiger partial charge on any atom is 0.255 e.